The van der Waals surface area contributed by atoms with Gasteiger partial charge in [0, 0.05) is 6.42 Å². The average molecular weight is 557 g/mol. The van der Waals surface area contributed by atoms with Crippen molar-refractivity contribution in [1.29, 1.82) is 0 Å². The minimum Gasteiger partial charge on any atom is -0.463 e. The Balaban J connectivity index is 2.10. The summed E-state index contributed by atoms with van der Waals surface area (Å²) in [4.78, 5) is 11.9. The topological polar surface area (TPSA) is 180 Å². The Bertz CT molecular complexity index is 703. The first kappa shape index (κ1) is 34.2. The highest BCUT2D eigenvalue weighted by molar-refractivity contribution is 7.85. The summed E-state index contributed by atoms with van der Waals surface area (Å²) in [6, 6.07) is 0. The fraction of sp³-hybridized carbons (Fsp3) is 0.960. The van der Waals surface area contributed by atoms with E-state index in [1.807, 2.05) is 0 Å². The quantitative estimate of drug-likeness (QED) is 0.0793. The highest BCUT2D eigenvalue weighted by atomic mass is 32.2. The Labute approximate surface area is 221 Å². The van der Waals surface area contributed by atoms with Gasteiger partial charge in [-0.2, -0.15) is 8.42 Å². The van der Waals surface area contributed by atoms with Crippen LogP contribution in [0.15, 0.2) is 0 Å². The van der Waals surface area contributed by atoms with Gasteiger partial charge in [0.25, 0.3) is 10.1 Å². The van der Waals surface area contributed by atoms with Gasteiger partial charge in [0.2, 0.25) is 0 Å². The van der Waals surface area contributed by atoms with E-state index in [0.29, 0.717) is 6.42 Å². The summed E-state index contributed by atoms with van der Waals surface area (Å²) < 4.78 is 46.4. The van der Waals surface area contributed by atoms with Crippen molar-refractivity contribution < 1.29 is 52.4 Å². The Morgan fingerprint density at radius 3 is 1.84 bits per heavy atom. The molecule has 1 aliphatic rings. The number of ether oxygens (including phenoxy) is 3. The largest absolute Gasteiger partial charge is 0.463 e. The van der Waals surface area contributed by atoms with Crippen LogP contribution in [0.4, 0.5) is 0 Å². The van der Waals surface area contributed by atoms with Gasteiger partial charge in [-0.15, -0.1) is 0 Å². The van der Waals surface area contributed by atoms with Crippen LogP contribution in [0.3, 0.4) is 0 Å². The number of aliphatic hydroxyl groups is 4. The Kier molecular flexibility index (Phi) is 17.8. The van der Waals surface area contributed by atoms with E-state index in [0.717, 1.165) is 19.3 Å². The third kappa shape index (κ3) is 16.0. The third-order valence-corrected chi connectivity index (χ3v) is 7.17. The van der Waals surface area contributed by atoms with Crippen molar-refractivity contribution in [2.75, 3.05) is 19.0 Å². The maximum atomic E-state index is 11.9. The number of carbonyl (C=O) groups excluding carboxylic acids is 1. The maximum Gasteiger partial charge on any atom is 0.305 e. The van der Waals surface area contributed by atoms with Crippen LogP contribution in [0.25, 0.3) is 0 Å². The molecule has 0 radical (unpaired) electrons. The highest BCUT2D eigenvalue weighted by Crippen LogP contribution is 2.23. The smallest absolute Gasteiger partial charge is 0.305 e. The van der Waals surface area contributed by atoms with Crippen molar-refractivity contribution >= 4 is 16.1 Å². The van der Waals surface area contributed by atoms with Crippen LogP contribution in [0, 0.1) is 0 Å². The number of rotatable bonds is 21. The number of aliphatic hydroxyl groups excluding tert-OH is 4. The second kappa shape index (κ2) is 19.2. The van der Waals surface area contributed by atoms with Gasteiger partial charge in [0.05, 0.1) is 6.61 Å². The molecule has 6 atom stereocenters. The Morgan fingerprint density at radius 2 is 1.32 bits per heavy atom. The lowest BCUT2D eigenvalue weighted by molar-refractivity contribution is -0.296. The molecule has 11 nitrogen and oxygen atoms in total. The Morgan fingerprint density at radius 1 is 0.811 bits per heavy atom. The van der Waals surface area contributed by atoms with Gasteiger partial charge in [-0.3, -0.25) is 9.35 Å². The average Bonchev–Trinajstić information content (AvgIpc) is 2.84. The first-order valence-corrected chi connectivity index (χ1v) is 15.3. The summed E-state index contributed by atoms with van der Waals surface area (Å²) in [7, 11) is -4.53. The third-order valence-electron chi connectivity index (χ3n) is 6.42. The predicted molar refractivity (Wildman–Crippen MR) is 136 cm³/mol. The van der Waals surface area contributed by atoms with Gasteiger partial charge in [0.1, 0.15) is 42.9 Å². The first-order chi connectivity index (χ1) is 17.5. The van der Waals surface area contributed by atoms with Crippen LogP contribution in [0.2, 0.25) is 0 Å². The van der Waals surface area contributed by atoms with Gasteiger partial charge in [-0.1, -0.05) is 84.0 Å². The summed E-state index contributed by atoms with van der Waals surface area (Å²) in [6.07, 6.45) is 6.23. The van der Waals surface area contributed by atoms with Crippen molar-refractivity contribution in [2.24, 2.45) is 0 Å². The number of carbonyl (C=O) groups is 1. The molecule has 0 saturated carbocycles. The van der Waals surface area contributed by atoms with E-state index in [1.165, 1.54) is 57.8 Å². The standard InChI is InChI=1S/C25H48O11S/c1-2-3-4-5-6-7-8-9-10-11-12-13-14-15-21(27)34-16-19(26)17-35-25-24(30)23(29)22(28)20(36-25)18-37(31,32)33/h19-20,22-26,28-30H,2-18H2,1H3,(H,31,32,33)/t19-,20-,22-,23+,24-,25+/m1/s1. The van der Waals surface area contributed by atoms with E-state index in [-0.39, 0.29) is 13.0 Å². The van der Waals surface area contributed by atoms with Crippen LogP contribution in [0.5, 0.6) is 0 Å². The predicted octanol–water partition coefficient (Wildman–Crippen LogP) is 2.08. The fourth-order valence-corrected chi connectivity index (χ4v) is 4.89. The van der Waals surface area contributed by atoms with E-state index >= 15 is 0 Å². The van der Waals surface area contributed by atoms with E-state index in [1.54, 1.807) is 0 Å². The molecule has 0 aromatic heterocycles. The molecule has 1 fully saturated rings. The van der Waals surface area contributed by atoms with E-state index in [2.05, 4.69) is 6.92 Å². The molecule has 0 amide bonds. The number of unbranched alkanes of at least 4 members (excludes halogenated alkanes) is 12. The lowest BCUT2D eigenvalue weighted by Crippen LogP contribution is -2.60. The molecule has 37 heavy (non-hydrogen) atoms. The van der Waals surface area contributed by atoms with E-state index in [9.17, 15) is 33.6 Å². The Hall–Kier alpha value is -0.860. The van der Waals surface area contributed by atoms with Gasteiger partial charge in [-0.05, 0) is 6.42 Å². The molecule has 1 rings (SSSR count). The second-order valence-electron chi connectivity index (χ2n) is 9.93. The molecule has 0 bridgehead atoms. The summed E-state index contributed by atoms with van der Waals surface area (Å²) in [5.74, 6) is -1.46. The maximum absolute atomic E-state index is 11.9. The lowest BCUT2D eigenvalue weighted by atomic mass is 10.00. The molecular formula is C25H48O11S. The molecule has 1 aliphatic heterocycles. The van der Waals surface area contributed by atoms with Crippen LogP contribution in [-0.4, -0.2) is 95.1 Å². The van der Waals surface area contributed by atoms with Crippen molar-refractivity contribution in [3.05, 3.63) is 0 Å². The zero-order chi connectivity index (χ0) is 27.7. The fourth-order valence-electron chi connectivity index (χ4n) is 4.20. The molecule has 220 valence electrons. The molecular weight excluding hydrogens is 508 g/mol. The minimum absolute atomic E-state index is 0.247. The number of hydrogen-bond acceptors (Lipinski definition) is 10. The summed E-state index contributed by atoms with van der Waals surface area (Å²) in [6.45, 7) is 1.43. The summed E-state index contributed by atoms with van der Waals surface area (Å²) in [5, 5.41) is 39.7. The normalized spacial score (nSPS) is 25.2. The monoisotopic (exact) mass is 556 g/mol. The van der Waals surface area contributed by atoms with Crippen LogP contribution in [0.1, 0.15) is 96.8 Å². The molecule has 0 aromatic carbocycles. The molecule has 12 heteroatoms. The van der Waals surface area contributed by atoms with Gasteiger partial charge in [-0.25, -0.2) is 0 Å². The minimum atomic E-state index is -4.53. The summed E-state index contributed by atoms with van der Waals surface area (Å²) in [5.41, 5.74) is 0. The molecule has 5 N–H and O–H groups in total. The van der Waals surface area contributed by atoms with E-state index < -0.39 is 65.3 Å². The van der Waals surface area contributed by atoms with Crippen molar-refractivity contribution in [3.63, 3.8) is 0 Å². The van der Waals surface area contributed by atoms with Crippen LogP contribution in [-0.2, 0) is 29.1 Å². The second-order valence-corrected chi connectivity index (χ2v) is 11.4. The molecule has 1 heterocycles. The number of hydrogen-bond donors (Lipinski definition) is 5. The zero-order valence-corrected chi connectivity index (χ0v) is 22.9. The first-order valence-electron chi connectivity index (χ1n) is 13.6. The van der Waals surface area contributed by atoms with Crippen molar-refractivity contribution in [2.45, 2.75) is 134 Å². The molecule has 0 aromatic rings. The number of esters is 1. The van der Waals surface area contributed by atoms with Crippen LogP contribution >= 0.6 is 0 Å². The summed E-state index contributed by atoms with van der Waals surface area (Å²) >= 11 is 0. The highest BCUT2D eigenvalue weighted by Gasteiger charge is 2.45. The van der Waals surface area contributed by atoms with Crippen molar-refractivity contribution in [3.8, 4) is 0 Å². The van der Waals surface area contributed by atoms with Gasteiger partial charge < -0.3 is 34.6 Å². The van der Waals surface area contributed by atoms with Crippen LogP contribution < -0.4 is 0 Å². The molecule has 0 spiro atoms. The molecule has 0 unspecified atom stereocenters. The van der Waals surface area contributed by atoms with E-state index in [4.69, 9.17) is 18.8 Å². The zero-order valence-electron chi connectivity index (χ0n) is 22.1. The van der Waals surface area contributed by atoms with Gasteiger partial charge >= 0.3 is 5.97 Å². The lowest BCUT2D eigenvalue weighted by Gasteiger charge is -2.40. The van der Waals surface area contributed by atoms with Gasteiger partial charge in [0.15, 0.2) is 6.29 Å². The molecule has 0 aliphatic carbocycles. The molecule has 1 saturated heterocycles. The SMILES string of the molecule is CCCCCCCCCCCCCCCC(=O)OC[C@@H](O)CO[C@H]1O[C@H](CS(=O)(=O)O)[C@@H](O)[C@H](O)[C@H]1O. The van der Waals surface area contributed by atoms with Crippen molar-refractivity contribution in [1.82, 2.24) is 0 Å².